The van der Waals surface area contributed by atoms with Crippen LogP contribution in [0, 0.1) is 3.57 Å². The lowest BCUT2D eigenvalue weighted by Gasteiger charge is -2.16. The number of nitrogens with two attached hydrogens (primary N) is 1. The van der Waals surface area contributed by atoms with Gasteiger partial charge in [-0.25, -0.2) is 0 Å². The van der Waals surface area contributed by atoms with E-state index in [4.69, 9.17) is 5.73 Å². The second-order valence-corrected chi connectivity index (χ2v) is 5.09. The third-order valence-corrected chi connectivity index (χ3v) is 3.28. The molecule has 0 aliphatic heterocycles. The third-order valence-electron chi connectivity index (χ3n) is 2.39. The van der Waals surface area contributed by atoms with Crippen molar-refractivity contribution < 1.29 is 0 Å². The molecule has 0 aliphatic carbocycles. The molecule has 0 spiro atoms. The smallest absolute Gasteiger partial charge is 0.0479 e. The summed E-state index contributed by atoms with van der Waals surface area (Å²) in [5.74, 6) is 0. The number of hydrogen-bond acceptors (Lipinski definition) is 2. The van der Waals surface area contributed by atoms with Crippen LogP contribution in [0.4, 0.5) is 11.4 Å². The molecule has 0 aliphatic rings. The van der Waals surface area contributed by atoms with Crippen LogP contribution in [-0.4, -0.2) is 6.04 Å². The van der Waals surface area contributed by atoms with E-state index in [1.54, 1.807) is 0 Å². The number of hydrogen-bond donors (Lipinski definition) is 2. The second kappa shape index (κ2) is 6.20. The molecule has 0 saturated heterocycles. The van der Waals surface area contributed by atoms with Crippen LogP contribution >= 0.6 is 22.6 Å². The minimum Gasteiger partial charge on any atom is -0.399 e. The van der Waals surface area contributed by atoms with E-state index in [1.807, 2.05) is 12.1 Å². The molecule has 0 radical (unpaired) electrons. The van der Waals surface area contributed by atoms with Crippen molar-refractivity contribution in [3.8, 4) is 0 Å². The van der Waals surface area contributed by atoms with E-state index in [1.165, 1.54) is 28.5 Å². The molecule has 1 unspecified atom stereocenters. The van der Waals surface area contributed by atoms with Gasteiger partial charge in [-0.1, -0.05) is 19.8 Å². The Morgan fingerprint density at radius 2 is 2.20 bits per heavy atom. The van der Waals surface area contributed by atoms with Gasteiger partial charge in [0.15, 0.2) is 0 Å². The van der Waals surface area contributed by atoms with E-state index < -0.39 is 0 Å². The summed E-state index contributed by atoms with van der Waals surface area (Å²) in [6, 6.07) is 6.52. The van der Waals surface area contributed by atoms with E-state index in [0.717, 1.165) is 5.69 Å². The zero-order valence-corrected chi connectivity index (χ0v) is 11.5. The molecule has 1 aromatic carbocycles. The summed E-state index contributed by atoms with van der Waals surface area (Å²) in [5.41, 5.74) is 7.72. The lowest BCUT2D eigenvalue weighted by atomic mass is 10.1. The van der Waals surface area contributed by atoms with Crippen molar-refractivity contribution in [1.29, 1.82) is 0 Å². The fourth-order valence-electron chi connectivity index (χ4n) is 1.50. The van der Waals surface area contributed by atoms with Gasteiger partial charge in [0.25, 0.3) is 0 Å². The predicted molar refractivity (Wildman–Crippen MR) is 76.2 cm³/mol. The summed E-state index contributed by atoms with van der Waals surface area (Å²) in [7, 11) is 0. The van der Waals surface area contributed by atoms with Gasteiger partial charge < -0.3 is 11.1 Å². The first-order chi connectivity index (χ1) is 7.13. The zero-order chi connectivity index (χ0) is 11.3. The Bertz CT molecular complexity index is 312. The topological polar surface area (TPSA) is 38.0 Å². The molecule has 0 fully saturated rings. The molecule has 1 atom stereocenters. The third kappa shape index (κ3) is 4.28. The maximum Gasteiger partial charge on any atom is 0.0479 e. The maximum absolute atomic E-state index is 5.71. The molecule has 0 bridgehead atoms. The Hall–Kier alpha value is -0.450. The minimum absolute atomic E-state index is 0.530. The Morgan fingerprint density at radius 3 is 2.80 bits per heavy atom. The molecule has 0 heterocycles. The summed E-state index contributed by atoms with van der Waals surface area (Å²) in [4.78, 5) is 0. The first-order valence-electron chi connectivity index (χ1n) is 5.45. The average molecular weight is 318 g/mol. The van der Waals surface area contributed by atoms with Crippen molar-refractivity contribution in [2.75, 3.05) is 11.1 Å². The fraction of sp³-hybridized carbons (Fsp3) is 0.500. The van der Waals surface area contributed by atoms with Crippen LogP contribution in [0.2, 0.25) is 0 Å². The maximum atomic E-state index is 5.71. The highest BCUT2D eigenvalue weighted by atomic mass is 127. The molecule has 84 valence electrons. The van der Waals surface area contributed by atoms with Gasteiger partial charge in [-0.05, 0) is 54.1 Å². The van der Waals surface area contributed by atoms with Crippen molar-refractivity contribution in [3.63, 3.8) is 0 Å². The molecule has 2 nitrogen and oxygen atoms in total. The summed E-state index contributed by atoms with van der Waals surface area (Å²) >= 11 is 2.31. The largest absolute Gasteiger partial charge is 0.399 e. The summed E-state index contributed by atoms with van der Waals surface area (Å²) in [5, 5.41) is 3.51. The first-order valence-corrected chi connectivity index (χ1v) is 6.53. The second-order valence-electron chi connectivity index (χ2n) is 3.93. The number of benzene rings is 1. The molecular weight excluding hydrogens is 299 g/mol. The van der Waals surface area contributed by atoms with Crippen molar-refractivity contribution in [2.24, 2.45) is 0 Å². The molecule has 3 N–H and O–H groups in total. The van der Waals surface area contributed by atoms with Gasteiger partial charge in [-0.3, -0.25) is 0 Å². The highest BCUT2D eigenvalue weighted by molar-refractivity contribution is 14.1. The van der Waals surface area contributed by atoms with Gasteiger partial charge in [0.05, 0.1) is 0 Å². The normalized spacial score (nSPS) is 12.5. The Morgan fingerprint density at radius 1 is 1.47 bits per heavy atom. The quantitative estimate of drug-likeness (QED) is 0.639. The molecule has 15 heavy (non-hydrogen) atoms. The Kier molecular flexibility index (Phi) is 5.22. The van der Waals surface area contributed by atoms with Crippen molar-refractivity contribution in [3.05, 3.63) is 21.8 Å². The van der Waals surface area contributed by atoms with E-state index in [-0.39, 0.29) is 0 Å². The Labute approximate surface area is 106 Å². The number of rotatable bonds is 5. The fourth-order valence-corrected chi connectivity index (χ4v) is 2.19. The SMILES string of the molecule is CCCCC(C)Nc1ccc(N)cc1I. The standard InChI is InChI=1S/C12H19IN2/c1-3-4-5-9(2)15-12-7-6-10(14)8-11(12)13/h6-9,15H,3-5,14H2,1-2H3. The summed E-state index contributed by atoms with van der Waals surface area (Å²) in [6.07, 6.45) is 3.75. The van der Waals surface area contributed by atoms with Gasteiger partial charge in [-0.2, -0.15) is 0 Å². The first kappa shape index (κ1) is 12.6. The van der Waals surface area contributed by atoms with E-state index in [2.05, 4.69) is 47.8 Å². The molecular formula is C12H19IN2. The number of nitrogens with one attached hydrogen (secondary N) is 1. The lowest BCUT2D eigenvalue weighted by molar-refractivity contribution is 0.645. The molecule has 0 amide bonds. The van der Waals surface area contributed by atoms with E-state index in [0.29, 0.717) is 6.04 Å². The van der Waals surface area contributed by atoms with Gasteiger partial charge in [0.1, 0.15) is 0 Å². The predicted octanol–water partition coefficient (Wildman–Crippen LogP) is 3.86. The average Bonchev–Trinajstić information content (AvgIpc) is 2.19. The Balaban J connectivity index is 2.56. The van der Waals surface area contributed by atoms with Crippen molar-refractivity contribution >= 4 is 34.0 Å². The highest BCUT2D eigenvalue weighted by Gasteiger charge is 2.04. The molecule has 1 aromatic rings. The summed E-state index contributed by atoms with van der Waals surface area (Å²) in [6.45, 7) is 4.45. The van der Waals surface area contributed by atoms with Gasteiger partial charge >= 0.3 is 0 Å². The molecule has 0 saturated carbocycles. The zero-order valence-electron chi connectivity index (χ0n) is 9.39. The van der Waals surface area contributed by atoms with Crippen LogP contribution in [0.15, 0.2) is 18.2 Å². The van der Waals surface area contributed by atoms with E-state index >= 15 is 0 Å². The molecule has 0 aromatic heterocycles. The minimum atomic E-state index is 0.530. The van der Waals surface area contributed by atoms with Gasteiger partial charge in [0.2, 0.25) is 0 Å². The van der Waals surface area contributed by atoms with Crippen LogP contribution in [0.5, 0.6) is 0 Å². The molecule has 3 heteroatoms. The highest BCUT2D eigenvalue weighted by Crippen LogP contribution is 2.22. The number of anilines is 2. The van der Waals surface area contributed by atoms with Crippen LogP contribution < -0.4 is 11.1 Å². The lowest BCUT2D eigenvalue weighted by Crippen LogP contribution is -2.15. The van der Waals surface area contributed by atoms with Gasteiger partial charge in [-0.15, -0.1) is 0 Å². The van der Waals surface area contributed by atoms with Crippen LogP contribution in [0.3, 0.4) is 0 Å². The van der Waals surface area contributed by atoms with Crippen LogP contribution in [0.25, 0.3) is 0 Å². The van der Waals surface area contributed by atoms with Crippen molar-refractivity contribution in [1.82, 2.24) is 0 Å². The summed E-state index contributed by atoms with van der Waals surface area (Å²) < 4.78 is 1.19. The van der Waals surface area contributed by atoms with Crippen LogP contribution in [0.1, 0.15) is 33.1 Å². The van der Waals surface area contributed by atoms with Crippen molar-refractivity contribution in [2.45, 2.75) is 39.2 Å². The molecule has 1 rings (SSSR count). The number of nitrogen functional groups attached to an aromatic ring is 1. The number of halogens is 1. The monoisotopic (exact) mass is 318 g/mol. The van der Waals surface area contributed by atoms with Crippen LogP contribution in [-0.2, 0) is 0 Å². The number of unbranched alkanes of at least 4 members (excludes halogenated alkanes) is 1. The van der Waals surface area contributed by atoms with E-state index in [9.17, 15) is 0 Å². The van der Waals surface area contributed by atoms with Gasteiger partial charge in [0, 0.05) is 21.0 Å².